The molecule has 0 aromatic heterocycles. The van der Waals surface area contributed by atoms with Crippen LogP contribution in [0.5, 0.6) is 11.5 Å². The Bertz CT molecular complexity index is 1660. The SMILES string of the molecule is CC(F)(F)c1cccc(S(=O)(=O)NCC(Cc2ccccc2)(c2cccc(OC(F)(F)F)c2)c2cccc(OC(F)(F)F)c2)c1. The summed E-state index contributed by atoms with van der Waals surface area (Å²) in [6.45, 7) is -0.0506. The van der Waals surface area contributed by atoms with Gasteiger partial charge in [-0.3, -0.25) is 0 Å². The highest BCUT2D eigenvalue weighted by Crippen LogP contribution is 2.40. The van der Waals surface area contributed by atoms with Crippen LogP contribution in [0.2, 0.25) is 0 Å². The first-order valence-electron chi connectivity index (χ1n) is 13.1. The van der Waals surface area contributed by atoms with Crippen molar-refractivity contribution in [2.75, 3.05) is 6.54 Å². The quantitative estimate of drug-likeness (QED) is 0.165. The second-order valence-electron chi connectivity index (χ2n) is 10.1. The van der Waals surface area contributed by atoms with Crippen molar-refractivity contribution in [3.8, 4) is 11.5 Å². The zero-order valence-electron chi connectivity index (χ0n) is 23.3. The summed E-state index contributed by atoms with van der Waals surface area (Å²) in [7, 11) is -4.57. The number of ether oxygens (including phenoxy) is 2. The zero-order chi connectivity index (χ0) is 33.1. The molecule has 5 nitrogen and oxygen atoms in total. The minimum atomic E-state index is -5.09. The minimum Gasteiger partial charge on any atom is -0.406 e. The molecule has 0 saturated heterocycles. The summed E-state index contributed by atoms with van der Waals surface area (Å²) in [6.07, 6.45) is -10.3. The topological polar surface area (TPSA) is 64.6 Å². The van der Waals surface area contributed by atoms with Gasteiger partial charge in [-0.2, -0.15) is 0 Å². The molecule has 1 N–H and O–H groups in total. The number of alkyl halides is 8. The fraction of sp³-hybridized carbons (Fsp3) is 0.226. The summed E-state index contributed by atoms with van der Waals surface area (Å²) in [5.74, 6) is -4.71. The van der Waals surface area contributed by atoms with Crippen LogP contribution >= 0.6 is 0 Å². The Hall–Kier alpha value is -4.17. The van der Waals surface area contributed by atoms with E-state index in [-0.39, 0.29) is 17.5 Å². The lowest BCUT2D eigenvalue weighted by molar-refractivity contribution is -0.275. The van der Waals surface area contributed by atoms with Gasteiger partial charge in [-0.25, -0.2) is 21.9 Å². The number of nitrogens with one attached hydrogen (secondary N) is 1. The van der Waals surface area contributed by atoms with E-state index in [2.05, 4.69) is 14.2 Å². The normalized spacial score (nSPS) is 13.0. The van der Waals surface area contributed by atoms with Gasteiger partial charge in [-0.15, -0.1) is 26.3 Å². The number of halogens is 8. The molecule has 4 rings (SSSR count). The van der Waals surface area contributed by atoms with E-state index < -0.39 is 62.6 Å². The second kappa shape index (κ2) is 12.7. The molecule has 0 unspecified atom stereocenters. The van der Waals surface area contributed by atoms with Gasteiger partial charge < -0.3 is 9.47 Å². The van der Waals surface area contributed by atoms with Crippen LogP contribution in [0.25, 0.3) is 0 Å². The maximum absolute atomic E-state index is 14.0. The highest BCUT2D eigenvalue weighted by Gasteiger charge is 2.39. The lowest BCUT2D eigenvalue weighted by atomic mass is 9.70. The number of rotatable bonds is 11. The number of hydrogen-bond acceptors (Lipinski definition) is 4. The molecule has 0 atom stereocenters. The van der Waals surface area contributed by atoms with E-state index in [4.69, 9.17) is 0 Å². The smallest absolute Gasteiger partial charge is 0.406 e. The van der Waals surface area contributed by atoms with Crippen LogP contribution < -0.4 is 14.2 Å². The fourth-order valence-corrected chi connectivity index (χ4v) is 5.94. The van der Waals surface area contributed by atoms with Gasteiger partial charge in [-0.05, 0) is 59.5 Å². The van der Waals surface area contributed by atoms with Crippen LogP contribution in [0.15, 0.2) is 108 Å². The van der Waals surface area contributed by atoms with E-state index in [0.29, 0.717) is 12.5 Å². The molecule has 4 aromatic carbocycles. The van der Waals surface area contributed by atoms with Gasteiger partial charge >= 0.3 is 12.7 Å². The second-order valence-corrected chi connectivity index (χ2v) is 11.9. The average molecular weight is 660 g/mol. The summed E-state index contributed by atoms with van der Waals surface area (Å²) in [5.41, 5.74) is -1.68. The summed E-state index contributed by atoms with van der Waals surface area (Å²) in [6, 6.07) is 21.5. The summed E-state index contributed by atoms with van der Waals surface area (Å²) in [4.78, 5) is -0.529. The number of hydrogen-bond donors (Lipinski definition) is 1. The lowest BCUT2D eigenvalue weighted by Gasteiger charge is -2.36. The van der Waals surface area contributed by atoms with E-state index >= 15 is 0 Å². The maximum atomic E-state index is 14.0. The van der Waals surface area contributed by atoms with Gasteiger partial charge in [0.25, 0.3) is 5.92 Å². The van der Waals surface area contributed by atoms with Gasteiger partial charge in [0, 0.05) is 24.4 Å². The average Bonchev–Trinajstić information content (AvgIpc) is 2.94. The fourth-order valence-electron chi connectivity index (χ4n) is 4.80. The third-order valence-corrected chi connectivity index (χ3v) is 8.20. The lowest BCUT2D eigenvalue weighted by Crippen LogP contribution is -2.43. The molecule has 0 fully saturated rings. The monoisotopic (exact) mass is 659 g/mol. The van der Waals surface area contributed by atoms with E-state index in [0.717, 1.165) is 48.5 Å². The Kier molecular flexibility index (Phi) is 9.50. The first-order valence-corrected chi connectivity index (χ1v) is 14.6. The first-order chi connectivity index (χ1) is 20.9. The van der Waals surface area contributed by atoms with Gasteiger partial charge in [0.15, 0.2) is 0 Å². The molecular weight excluding hydrogens is 634 g/mol. The Labute approximate surface area is 253 Å². The molecular formula is C31H25F8NO4S. The molecule has 0 amide bonds. The van der Waals surface area contributed by atoms with Crippen molar-refractivity contribution in [1.29, 1.82) is 0 Å². The van der Waals surface area contributed by atoms with Crippen molar-refractivity contribution in [2.24, 2.45) is 0 Å². The highest BCUT2D eigenvalue weighted by molar-refractivity contribution is 7.89. The molecule has 0 saturated carbocycles. The Morgan fingerprint density at radius 3 is 1.60 bits per heavy atom. The van der Waals surface area contributed by atoms with Crippen molar-refractivity contribution in [3.63, 3.8) is 0 Å². The van der Waals surface area contributed by atoms with E-state index in [1.807, 2.05) is 0 Å². The van der Waals surface area contributed by atoms with Crippen LogP contribution in [-0.4, -0.2) is 27.7 Å². The molecule has 240 valence electrons. The largest absolute Gasteiger partial charge is 0.573 e. The summed E-state index contributed by atoms with van der Waals surface area (Å²) < 4.78 is 144. The molecule has 0 aliphatic heterocycles. The van der Waals surface area contributed by atoms with E-state index in [1.165, 1.54) is 24.3 Å². The predicted molar refractivity (Wildman–Crippen MR) is 148 cm³/mol. The van der Waals surface area contributed by atoms with Crippen molar-refractivity contribution < 1.29 is 53.0 Å². The van der Waals surface area contributed by atoms with Crippen LogP contribution in [0, 0.1) is 0 Å². The zero-order valence-corrected chi connectivity index (χ0v) is 24.1. The number of sulfonamides is 1. The maximum Gasteiger partial charge on any atom is 0.573 e. The van der Waals surface area contributed by atoms with Gasteiger partial charge in [0.1, 0.15) is 11.5 Å². The Balaban J connectivity index is 1.91. The van der Waals surface area contributed by atoms with Crippen molar-refractivity contribution in [1.82, 2.24) is 4.72 Å². The third kappa shape index (κ3) is 8.94. The summed E-state index contributed by atoms with van der Waals surface area (Å²) >= 11 is 0. The van der Waals surface area contributed by atoms with Crippen molar-refractivity contribution in [3.05, 3.63) is 125 Å². The summed E-state index contributed by atoms with van der Waals surface area (Å²) in [5, 5.41) is 0. The van der Waals surface area contributed by atoms with Crippen LogP contribution in [-0.2, 0) is 27.8 Å². The third-order valence-electron chi connectivity index (χ3n) is 6.80. The molecule has 14 heteroatoms. The van der Waals surface area contributed by atoms with E-state index in [9.17, 15) is 43.5 Å². The standard InChI is InChI=1S/C31H25F8NO4S/c1-28(32,33)22-10-7-15-27(18-22)45(41,42)40-20-29(19-21-8-3-2-4-9-21,23-11-5-13-25(16-23)43-30(34,35)36)24-12-6-14-26(17-24)44-31(37,38)39/h2-18,40H,19-20H2,1H3. The molecule has 0 aliphatic rings. The first kappa shape index (κ1) is 33.7. The Morgan fingerprint density at radius 1 is 0.622 bits per heavy atom. The van der Waals surface area contributed by atoms with Gasteiger partial charge in [0.05, 0.1) is 4.90 Å². The molecule has 0 radical (unpaired) electrons. The molecule has 0 bridgehead atoms. The van der Waals surface area contributed by atoms with E-state index in [1.54, 1.807) is 30.3 Å². The van der Waals surface area contributed by atoms with Crippen LogP contribution in [0.3, 0.4) is 0 Å². The van der Waals surface area contributed by atoms with Crippen molar-refractivity contribution in [2.45, 2.75) is 42.3 Å². The Morgan fingerprint density at radius 2 is 1.11 bits per heavy atom. The molecule has 0 spiro atoms. The molecule has 45 heavy (non-hydrogen) atoms. The van der Waals surface area contributed by atoms with Gasteiger partial charge in [0.2, 0.25) is 10.0 Å². The minimum absolute atomic E-state index is 0.0359. The van der Waals surface area contributed by atoms with Crippen LogP contribution in [0.4, 0.5) is 35.1 Å². The molecule has 0 aliphatic carbocycles. The predicted octanol–water partition coefficient (Wildman–Crippen LogP) is 8.10. The molecule has 0 heterocycles. The number of benzene rings is 4. The van der Waals surface area contributed by atoms with Crippen LogP contribution in [0.1, 0.15) is 29.2 Å². The van der Waals surface area contributed by atoms with Gasteiger partial charge in [-0.1, -0.05) is 66.7 Å². The highest BCUT2D eigenvalue weighted by atomic mass is 32.2. The van der Waals surface area contributed by atoms with Crippen molar-refractivity contribution >= 4 is 10.0 Å². The molecule has 4 aromatic rings.